The molecule has 24 heavy (non-hydrogen) atoms. The lowest BCUT2D eigenvalue weighted by molar-refractivity contribution is 0.0835. The van der Waals surface area contributed by atoms with Crippen LogP contribution in [0.1, 0.15) is 52.8 Å². The molecule has 2 aliphatic rings. The molecule has 1 saturated carbocycles. The van der Waals surface area contributed by atoms with Gasteiger partial charge in [0.05, 0.1) is 12.2 Å². The molecule has 0 saturated heterocycles. The fraction of sp³-hybridized carbons (Fsp3) is 0.368. The van der Waals surface area contributed by atoms with Crippen LogP contribution in [0.4, 0.5) is 0 Å². The smallest absolute Gasteiger partial charge is 0.258 e. The van der Waals surface area contributed by atoms with E-state index < -0.39 is 0 Å². The molecule has 3 N–H and O–H groups in total. The lowest BCUT2D eigenvalue weighted by Crippen LogP contribution is -2.34. The van der Waals surface area contributed by atoms with Crippen molar-refractivity contribution < 1.29 is 19.8 Å². The minimum Gasteiger partial charge on any atom is -0.393 e. The van der Waals surface area contributed by atoms with Crippen LogP contribution in [-0.4, -0.2) is 34.2 Å². The van der Waals surface area contributed by atoms with Crippen LogP contribution in [0.15, 0.2) is 36.4 Å². The molecule has 2 aromatic rings. The van der Waals surface area contributed by atoms with Crippen molar-refractivity contribution in [1.82, 2.24) is 5.32 Å². The first-order valence-corrected chi connectivity index (χ1v) is 8.30. The van der Waals surface area contributed by atoms with Crippen molar-refractivity contribution in [1.29, 1.82) is 0 Å². The number of nitrogens with one attached hydrogen (secondary N) is 1. The maximum atomic E-state index is 11.6. The van der Waals surface area contributed by atoms with Crippen molar-refractivity contribution in [3.05, 3.63) is 47.5 Å². The largest absolute Gasteiger partial charge is 0.393 e. The van der Waals surface area contributed by atoms with Gasteiger partial charge in [-0.25, -0.2) is 0 Å². The van der Waals surface area contributed by atoms with Gasteiger partial charge >= 0.3 is 0 Å². The Labute approximate surface area is 140 Å². The summed E-state index contributed by atoms with van der Waals surface area (Å²) in [7, 11) is 0. The molecule has 5 nitrogen and oxygen atoms in total. The second-order valence-corrected chi connectivity index (χ2v) is 6.32. The number of carbonyl (C=O) groups is 2. The van der Waals surface area contributed by atoms with Crippen molar-refractivity contribution in [2.45, 2.75) is 44.3 Å². The van der Waals surface area contributed by atoms with Crippen molar-refractivity contribution in [2.75, 3.05) is 0 Å². The van der Waals surface area contributed by atoms with E-state index in [1.807, 2.05) is 24.3 Å². The summed E-state index contributed by atoms with van der Waals surface area (Å²) in [6, 6.07) is 10.9. The summed E-state index contributed by atoms with van der Waals surface area (Å²) in [4.78, 5) is 23.1. The zero-order valence-corrected chi connectivity index (χ0v) is 13.4. The molecule has 0 unspecified atom stereocenters. The molecule has 2 atom stereocenters. The van der Waals surface area contributed by atoms with Gasteiger partial charge in [0.2, 0.25) is 0 Å². The SMILES string of the molecule is O=C1NC(=O)c2cccc3cccc1c23.O[C@H]1CCCC[C@H](O)C1. The Morgan fingerprint density at radius 1 is 0.833 bits per heavy atom. The summed E-state index contributed by atoms with van der Waals surface area (Å²) in [5.41, 5.74) is 1.14. The van der Waals surface area contributed by atoms with E-state index in [9.17, 15) is 9.59 Å². The lowest BCUT2D eigenvalue weighted by atomic mass is 9.95. The van der Waals surface area contributed by atoms with Gasteiger partial charge in [0, 0.05) is 16.5 Å². The number of benzene rings is 2. The van der Waals surface area contributed by atoms with Crippen molar-refractivity contribution in [2.24, 2.45) is 0 Å². The first-order chi connectivity index (χ1) is 11.6. The number of amides is 2. The van der Waals surface area contributed by atoms with E-state index in [1.165, 1.54) is 0 Å². The number of aliphatic hydroxyl groups is 2. The first kappa shape index (κ1) is 16.6. The van der Waals surface area contributed by atoms with Crippen molar-refractivity contribution >= 4 is 22.6 Å². The third kappa shape index (κ3) is 3.47. The van der Waals surface area contributed by atoms with E-state index in [1.54, 1.807) is 12.1 Å². The molecule has 5 heteroatoms. The van der Waals surface area contributed by atoms with E-state index in [4.69, 9.17) is 10.2 Å². The average Bonchev–Trinajstić information content (AvgIpc) is 2.76. The highest BCUT2D eigenvalue weighted by Gasteiger charge is 2.23. The summed E-state index contributed by atoms with van der Waals surface area (Å²) in [5, 5.41) is 22.2. The highest BCUT2D eigenvalue weighted by Crippen LogP contribution is 2.25. The zero-order valence-electron chi connectivity index (χ0n) is 13.4. The van der Waals surface area contributed by atoms with Crippen LogP contribution < -0.4 is 5.32 Å². The van der Waals surface area contributed by atoms with E-state index in [-0.39, 0.29) is 24.0 Å². The molecule has 1 aliphatic heterocycles. The molecule has 0 radical (unpaired) electrons. The summed E-state index contributed by atoms with van der Waals surface area (Å²) in [5.74, 6) is -0.631. The highest BCUT2D eigenvalue weighted by molar-refractivity contribution is 6.25. The minimum atomic E-state index is -0.315. The van der Waals surface area contributed by atoms with Gasteiger partial charge in [0.25, 0.3) is 11.8 Å². The maximum Gasteiger partial charge on any atom is 0.258 e. The van der Waals surface area contributed by atoms with E-state index >= 15 is 0 Å². The van der Waals surface area contributed by atoms with E-state index in [2.05, 4.69) is 5.32 Å². The minimum absolute atomic E-state index is 0.248. The molecule has 2 amide bonds. The van der Waals surface area contributed by atoms with Crippen LogP contribution in [0, 0.1) is 0 Å². The van der Waals surface area contributed by atoms with Crippen LogP contribution >= 0.6 is 0 Å². The lowest BCUT2D eigenvalue weighted by Gasteiger charge is -2.15. The van der Waals surface area contributed by atoms with E-state index in [0.29, 0.717) is 17.5 Å². The Kier molecular flexibility index (Phi) is 4.92. The third-order valence-electron chi connectivity index (χ3n) is 4.49. The zero-order chi connectivity index (χ0) is 17.1. The van der Waals surface area contributed by atoms with Gasteiger partial charge in [-0.3, -0.25) is 14.9 Å². The molecule has 1 aliphatic carbocycles. The number of aliphatic hydroxyl groups excluding tert-OH is 2. The monoisotopic (exact) mass is 327 g/mol. The highest BCUT2D eigenvalue weighted by atomic mass is 16.3. The van der Waals surface area contributed by atoms with Crippen LogP contribution in [0.5, 0.6) is 0 Å². The predicted molar refractivity (Wildman–Crippen MR) is 90.8 cm³/mol. The van der Waals surface area contributed by atoms with Gasteiger partial charge in [-0.2, -0.15) is 0 Å². The second kappa shape index (κ2) is 7.11. The van der Waals surface area contributed by atoms with Crippen LogP contribution in [0.25, 0.3) is 10.8 Å². The van der Waals surface area contributed by atoms with Gasteiger partial charge in [0.1, 0.15) is 0 Å². The molecule has 2 aromatic carbocycles. The Morgan fingerprint density at radius 3 is 1.83 bits per heavy atom. The van der Waals surface area contributed by atoms with Crippen LogP contribution in [-0.2, 0) is 0 Å². The van der Waals surface area contributed by atoms with Gasteiger partial charge in [-0.05, 0) is 36.8 Å². The quantitative estimate of drug-likeness (QED) is 0.512. The molecule has 0 aromatic heterocycles. The Bertz CT molecular complexity index is 712. The van der Waals surface area contributed by atoms with E-state index in [0.717, 1.165) is 36.5 Å². The van der Waals surface area contributed by atoms with Crippen LogP contribution in [0.2, 0.25) is 0 Å². The molecule has 0 spiro atoms. The molecule has 1 fully saturated rings. The number of imide groups is 1. The number of rotatable bonds is 0. The molecule has 126 valence electrons. The molecular formula is C19H21NO4. The van der Waals surface area contributed by atoms with Gasteiger partial charge in [-0.1, -0.05) is 37.1 Å². The number of hydrogen-bond acceptors (Lipinski definition) is 4. The second-order valence-electron chi connectivity index (χ2n) is 6.32. The molecular weight excluding hydrogens is 306 g/mol. The summed E-state index contributed by atoms with van der Waals surface area (Å²) in [6.07, 6.45) is 3.97. The summed E-state index contributed by atoms with van der Waals surface area (Å²) >= 11 is 0. The summed E-state index contributed by atoms with van der Waals surface area (Å²) < 4.78 is 0. The normalized spacial score (nSPS) is 23.1. The molecule has 4 rings (SSSR count). The first-order valence-electron chi connectivity index (χ1n) is 8.30. The standard InChI is InChI=1S/C12H7NO2.C7H14O2/c14-11-8-5-1-3-7-4-2-6-9(10(7)8)12(15)13-11;8-6-3-1-2-4-7(9)5-6/h1-6H,(H,13,14,15);6-9H,1-5H2/t;6-,7-/m.0/s1. The topological polar surface area (TPSA) is 86.6 Å². The Morgan fingerprint density at radius 2 is 1.33 bits per heavy atom. The molecule has 0 bridgehead atoms. The van der Waals surface area contributed by atoms with Crippen molar-refractivity contribution in [3.63, 3.8) is 0 Å². The van der Waals surface area contributed by atoms with Gasteiger partial charge < -0.3 is 10.2 Å². The van der Waals surface area contributed by atoms with Crippen LogP contribution in [0.3, 0.4) is 0 Å². The molecule has 1 heterocycles. The van der Waals surface area contributed by atoms with Crippen molar-refractivity contribution in [3.8, 4) is 0 Å². The Balaban J connectivity index is 0.000000162. The van der Waals surface area contributed by atoms with Gasteiger partial charge in [0.15, 0.2) is 0 Å². The fourth-order valence-electron chi connectivity index (χ4n) is 3.27. The predicted octanol–water partition coefficient (Wildman–Crippen LogP) is 2.40. The Hall–Kier alpha value is -2.24. The number of hydrogen-bond donors (Lipinski definition) is 3. The van der Waals surface area contributed by atoms with Gasteiger partial charge in [-0.15, -0.1) is 0 Å². The average molecular weight is 327 g/mol. The number of carbonyl (C=O) groups excluding carboxylic acids is 2. The fourth-order valence-corrected chi connectivity index (χ4v) is 3.27. The maximum absolute atomic E-state index is 11.6. The third-order valence-corrected chi connectivity index (χ3v) is 4.49. The summed E-state index contributed by atoms with van der Waals surface area (Å²) in [6.45, 7) is 0.